The molecule has 2 aromatic rings. The maximum atomic E-state index is 4.98. The first-order valence-electron chi connectivity index (χ1n) is 12.8. The first kappa shape index (κ1) is 24.0. The van der Waals surface area contributed by atoms with Gasteiger partial charge in [-0.1, -0.05) is 116 Å². The second kappa shape index (κ2) is 15.5. The van der Waals surface area contributed by atoms with Crippen LogP contribution in [0.3, 0.4) is 0 Å². The van der Waals surface area contributed by atoms with Crippen LogP contribution in [-0.2, 0) is 13.0 Å². The number of aromatic nitrogens is 2. The minimum absolute atomic E-state index is 1.14. The summed E-state index contributed by atoms with van der Waals surface area (Å²) in [7, 11) is 0. The molecule has 0 saturated carbocycles. The lowest BCUT2D eigenvalue weighted by Crippen LogP contribution is -2.04. The highest BCUT2D eigenvalue weighted by Crippen LogP contribution is 2.20. The third-order valence-electron chi connectivity index (χ3n) is 6.22. The molecule has 1 heterocycles. The summed E-state index contributed by atoms with van der Waals surface area (Å²) in [6.07, 6.45) is 23.2. The van der Waals surface area contributed by atoms with Crippen molar-refractivity contribution in [3.8, 4) is 0 Å². The quantitative estimate of drug-likeness (QED) is 0.229. The highest BCUT2D eigenvalue weighted by molar-refractivity contribution is 5.75. The van der Waals surface area contributed by atoms with E-state index >= 15 is 0 Å². The van der Waals surface area contributed by atoms with Crippen LogP contribution < -0.4 is 0 Å². The number of nitrogens with zero attached hydrogens (tertiary/aromatic N) is 2. The molecule has 0 aliphatic heterocycles. The lowest BCUT2D eigenvalue weighted by atomic mass is 10.1. The molecule has 0 radical (unpaired) electrons. The van der Waals surface area contributed by atoms with Gasteiger partial charge in [-0.25, -0.2) is 4.98 Å². The van der Waals surface area contributed by atoms with E-state index in [1.807, 2.05) is 0 Å². The van der Waals surface area contributed by atoms with Gasteiger partial charge in [0.1, 0.15) is 5.82 Å². The molecule has 0 fully saturated rings. The van der Waals surface area contributed by atoms with Crippen molar-refractivity contribution in [2.24, 2.45) is 0 Å². The van der Waals surface area contributed by atoms with E-state index in [1.165, 1.54) is 120 Å². The molecule has 2 nitrogen and oxygen atoms in total. The molecular formula is C27H46N2. The Morgan fingerprint density at radius 1 is 0.621 bits per heavy atom. The maximum Gasteiger partial charge on any atom is 0.109 e. The van der Waals surface area contributed by atoms with Crippen LogP contribution in [0, 0.1) is 0 Å². The second-order valence-electron chi connectivity index (χ2n) is 8.87. The number of fused-ring (bicyclic) bond motifs is 1. The van der Waals surface area contributed by atoms with Gasteiger partial charge in [0.15, 0.2) is 0 Å². The number of benzene rings is 1. The first-order chi connectivity index (χ1) is 14.4. The summed E-state index contributed by atoms with van der Waals surface area (Å²) in [5.74, 6) is 1.32. The maximum absolute atomic E-state index is 4.98. The standard InChI is InChI=1S/C27H46N2/c1-3-5-7-9-11-12-14-16-20-24-29-26-22-19-18-21-25(26)28-27(29)23-17-15-13-10-8-6-4-2/h18-19,21-22H,3-17,20,23-24H2,1-2H3. The summed E-state index contributed by atoms with van der Waals surface area (Å²) in [5, 5.41) is 0. The minimum atomic E-state index is 1.14. The Hall–Kier alpha value is -1.31. The number of hydrogen-bond donors (Lipinski definition) is 0. The smallest absolute Gasteiger partial charge is 0.109 e. The van der Waals surface area contributed by atoms with Crippen molar-refractivity contribution in [1.82, 2.24) is 9.55 Å². The number of imidazole rings is 1. The highest BCUT2D eigenvalue weighted by atomic mass is 15.1. The van der Waals surface area contributed by atoms with Gasteiger partial charge < -0.3 is 4.57 Å². The Balaban J connectivity index is 1.73. The van der Waals surface area contributed by atoms with Crippen LogP contribution in [0.2, 0.25) is 0 Å². The van der Waals surface area contributed by atoms with Crippen LogP contribution in [0.4, 0.5) is 0 Å². The van der Waals surface area contributed by atoms with Gasteiger partial charge in [0.05, 0.1) is 11.0 Å². The second-order valence-corrected chi connectivity index (χ2v) is 8.87. The molecule has 2 rings (SSSR count). The third kappa shape index (κ3) is 9.36. The average Bonchev–Trinajstić information content (AvgIpc) is 3.09. The topological polar surface area (TPSA) is 17.8 Å². The van der Waals surface area contributed by atoms with Crippen LogP contribution in [0.5, 0.6) is 0 Å². The van der Waals surface area contributed by atoms with Crippen LogP contribution >= 0.6 is 0 Å². The normalized spacial score (nSPS) is 11.5. The van der Waals surface area contributed by atoms with Gasteiger partial charge in [-0.15, -0.1) is 0 Å². The van der Waals surface area contributed by atoms with Crippen LogP contribution in [0.1, 0.15) is 122 Å². The summed E-state index contributed by atoms with van der Waals surface area (Å²) in [6, 6.07) is 8.71. The molecule has 2 heteroatoms. The van der Waals surface area contributed by atoms with Crippen LogP contribution in [0.15, 0.2) is 24.3 Å². The van der Waals surface area contributed by atoms with Crippen molar-refractivity contribution in [1.29, 1.82) is 0 Å². The van der Waals surface area contributed by atoms with Crippen molar-refractivity contribution in [2.45, 2.75) is 130 Å². The van der Waals surface area contributed by atoms with E-state index in [0.717, 1.165) is 13.0 Å². The van der Waals surface area contributed by atoms with Crippen LogP contribution in [0.25, 0.3) is 11.0 Å². The lowest BCUT2D eigenvalue weighted by Gasteiger charge is -2.10. The van der Waals surface area contributed by atoms with Gasteiger partial charge in [0.25, 0.3) is 0 Å². The summed E-state index contributed by atoms with van der Waals surface area (Å²) < 4.78 is 2.52. The summed E-state index contributed by atoms with van der Waals surface area (Å²) >= 11 is 0. The fraction of sp³-hybridized carbons (Fsp3) is 0.741. The molecule has 0 atom stereocenters. The SMILES string of the molecule is CCCCCCCCCCCn1c(CCCCCCCCC)nc2ccccc21. The summed E-state index contributed by atoms with van der Waals surface area (Å²) in [5.41, 5.74) is 2.52. The number of rotatable bonds is 18. The number of unbranched alkanes of at least 4 members (excludes halogenated alkanes) is 14. The van der Waals surface area contributed by atoms with Gasteiger partial charge in [0, 0.05) is 13.0 Å². The van der Waals surface area contributed by atoms with Gasteiger partial charge in [-0.05, 0) is 25.0 Å². The number of para-hydroxylation sites is 2. The molecule has 0 aliphatic rings. The van der Waals surface area contributed by atoms with Crippen molar-refractivity contribution >= 4 is 11.0 Å². The zero-order valence-corrected chi connectivity index (χ0v) is 19.4. The van der Waals surface area contributed by atoms with E-state index in [9.17, 15) is 0 Å². The van der Waals surface area contributed by atoms with Crippen molar-refractivity contribution in [3.05, 3.63) is 30.1 Å². The van der Waals surface area contributed by atoms with E-state index in [-0.39, 0.29) is 0 Å². The zero-order chi connectivity index (χ0) is 20.6. The van der Waals surface area contributed by atoms with E-state index in [1.54, 1.807) is 0 Å². The van der Waals surface area contributed by atoms with Gasteiger partial charge in [-0.2, -0.15) is 0 Å². The van der Waals surface area contributed by atoms with E-state index in [2.05, 4.69) is 42.7 Å². The number of hydrogen-bond acceptors (Lipinski definition) is 1. The lowest BCUT2D eigenvalue weighted by molar-refractivity contribution is 0.530. The molecule has 0 saturated heterocycles. The predicted octanol–water partition coefficient (Wildman–Crippen LogP) is 8.86. The molecule has 1 aromatic heterocycles. The fourth-order valence-electron chi connectivity index (χ4n) is 4.39. The van der Waals surface area contributed by atoms with Gasteiger partial charge in [-0.3, -0.25) is 0 Å². The molecule has 0 spiro atoms. The first-order valence-corrected chi connectivity index (χ1v) is 12.8. The Morgan fingerprint density at radius 2 is 1.14 bits per heavy atom. The molecule has 0 aliphatic carbocycles. The molecule has 1 aromatic carbocycles. The van der Waals surface area contributed by atoms with Crippen molar-refractivity contribution < 1.29 is 0 Å². The van der Waals surface area contributed by atoms with Crippen LogP contribution in [-0.4, -0.2) is 9.55 Å². The third-order valence-corrected chi connectivity index (χ3v) is 6.22. The Morgan fingerprint density at radius 3 is 1.76 bits per heavy atom. The van der Waals surface area contributed by atoms with Gasteiger partial charge >= 0.3 is 0 Å². The fourth-order valence-corrected chi connectivity index (χ4v) is 4.39. The summed E-state index contributed by atoms with van der Waals surface area (Å²) in [4.78, 5) is 4.98. The highest BCUT2D eigenvalue weighted by Gasteiger charge is 2.09. The van der Waals surface area contributed by atoms with E-state index in [4.69, 9.17) is 4.98 Å². The molecule has 0 N–H and O–H groups in total. The average molecular weight is 399 g/mol. The van der Waals surface area contributed by atoms with E-state index in [0.29, 0.717) is 0 Å². The predicted molar refractivity (Wildman–Crippen MR) is 129 cm³/mol. The molecule has 0 unspecified atom stereocenters. The molecular weight excluding hydrogens is 352 g/mol. The Bertz CT molecular complexity index is 643. The molecule has 0 bridgehead atoms. The van der Waals surface area contributed by atoms with Gasteiger partial charge in [0.2, 0.25) is 0 Å². The Labute approximate surface area is 180 Å². The molecule has 164 valence electrons. The van der Waals surface area contributed by atoms with E-state index < -0.39 is 0 Å². The minimum Gasteiger partial charge on any atom is -0.328 e. The Kier molecular flexibility index (Phi) is 12.8. The number of aryl methyl sites for hydroxylation is 2. The monoisotopic (exact) mass is 398 g/mol. The van der Waals surface area contributed by atoms with Crippen molar-refractivity contribution in [2.75, 3.05) is 0 Å². The molecule has 0 amide bonds. The van der Waals surface area contributed by atoms with Crippen molar-refractivity contribution in [3.63, 3.8) is 0 Å². The molecule has 29 heavy (non-hydrogen) atoms. The zero-order valence-electron chi connectivity index (χ0n) is 19.4. The summed E-state index contributed by atoms with van der Waals surface area (Å²) in [6.45, 7) is 5.72. The largest absolute Gasteiger partial charge is 0.328 e.